The topological polar surface area (TPSA) is 18.5 Å². The zero-order valence-corrected chi connectivity index (χ0v) is 12.8. The van der Waals surface area contributed by atoms with E-state index in [2.05, 4.69) is 31.2 Å². The van der Waals surface area contributed by atoms with Gasteiger partial charge in [-0.2, -0.15) is 0 Å². The second kappa shape index (κ2) is 6.67. The molecule has 106 valence electrons. The number of rotatable bonds is 5. The van der Waals surface area contributed by atoms with Gasteiger partial charge in [-0.3, -0.25) is 0 Å². The third kappa shape index (κ3) is 3.67. The summed E-state index contributed by atoms with van der Waals surface area (Å²) in [5.41, 5.74) is 3.48. The molecule has 0 aromatic heterocycles. The van der Waals surface area contributed by atoms with Crippen LogP contribution in [0.4, 0.5) is 0 Å². The summed E-state index contributed by atoms with van der Waals surface area (Å²) in [6, 6.07) is 14.2. The minimum absolute atomic E-state index is 0.110. The normalized spacial score (nSPS) is 12.0. The van der Waals surface area contributed by atoms with Gasteiger partial charge >= 0.3 is 0 Å². The lowest BCUT2D eigenvalue weighted by Gasteiger charge is -2.13. The van der Waals surface area contributed by atoms with Crippen LogP contribution in [-0.2, 0) is 6.42 Å². The van der Waals surface area contributed by atoms with Crippen LogP contribution in [0, 0.1) is 6.92 Å². The van der Waals surface area contributed by atoms with Crippen molar-refractivity contribution in [3.05, 3.63) is 59.2 Å². The number of alkyl halides is 1. The Balaban J connectivity index is 2.22. The van der Waals surface area contributed by atoms with Crippen molar-refractivity contribution in [1.29, 1.82) is 0 Å². The lowest BCUT2D eigenvalue weighted by atomic mass is 10.0. The Labute approximate surface area is 125 Å². The summed E-state index contributed by atoms with van der Waals surface area (Å²) >= 11 is 6.54. The van der Waals surface area contributed by atoms with Gasteiger partial charge < -0.3 is 9.47 Å². The number of halogens is 1. The molecule has 0 aliphatic rings. The summed E-state index contributed by atoms with van der Waals surface area (Å²) < 4.78 is 10.6. The van der Waals surface area contributed by atoms with E-state index in [1.807, 2.05) is 18.2 Å². The predicted molar refractivity (Wildman–Crippen MR) is 83.0 cm³/mol. The van der Waals surface area contributed by atoms with Gasteiger partial charge in [0.15, 0.2) is 0 Å². The van der Waals surface area contributed by atoms with Crippen molar-refractivity contribution >= 4 is 11.6 Å². The van der Waals surface area contributed by atoms with Gasteiger partial charge in [-0.1, -0.05) is 29.8 Å². The first-order chi connectivity index (χ1) is 9.62. The van der Waals surface area contributed by atoms with E-state index in [0.717, 1.165) is 23.5 Å². The maximum absolute atomic E-state index is 6.54. The van der Waals surface area contributed by atoms with Crippen LogP contribution in [-0.4, -0.2) is 14.2 Å². The van der Waals surface area contributed by atoms with Crippen molar-refractivity contribution < 1.29 is 9.47 Å². The minimum atomic E-state index is -0.110. The van der Waals surface area contributed by atoms with Crippen molar-refractivity contribution in [2.45, 2.75) is 18.7 Å². The van der Waals surface area contributed by atoms with Crippen molar-refractivity contribution in [2.75, 3.05) is 14.2 Å². The third-order valence-corrected chi connectivity index (χ3v) is 3.64. The molecular weight excluding hydrogens is 272 g/mol. The van der Waals surface area contributed by atoms with Crippen molar-refractivity contribution in [3.63, 3.8) is 0 Å². The van der Waals surface area contributed by atoms with Crippen LogP contribution in [0.25, 0.3) is 0 Å². The van der Waals surface area contributed by atoms with Gasteiger partial charge in [0.1, 0.15) is 11.5 Å². The Hall–Kier alpha value is -1.67. The number of methoxy groups -OCH3 is 2. The molecule has 0 fully saturated rings. The Morgan fingerprint density at radius 3 is 2.20 bits per heavy atom. The van der Waals surface area contributed by atoms with E-state index >= 15 is 0 Å². The van der Waals surface area contributed by atoms with Crippen LogP contribution in [0.15, 0.2) is 42.5 Å². The summed E-state index contributed by atoms with van der Waals surface area (Å²) in [5, 5.41) is -0.110. The molecule has 2 aromatic rings. The van der Waals surface area contributed by atoms with E-state index in [1.54, 1.807) is 14.2 Å². The first kappa shape index (κ1) is 14.7. The Morgan fingerprint density at radius 1 is 1.00 bits per heavy atom. The molecule has 0 saturated carbocycles. The predicted octanol–water partition coefficient (Wildman–Crippen LogP) is 4.53. The minimum Gasteiger partial charge on any atom is -0.497 e. The van der Waals surface area contributed by atoms with Gasteiger partial charge in [-0.25, -0.2) is 0 Å². The molecule has 3 heteroatoms. The Bertz CT molecular complexity index is 559. The van der Waals surface area contributed by atoms with Gasteiger partial charge in [0.05, 0.1) is 19.6 Å². The van der Waals surface area contributed by atoms with Crippen molar-refractivity contribution in [2.24, 2.45) is 0 Å². The largest absolute Gasteiger partial charge is 0.497 e. The molecule has 0 aliphatic heterocycles. The maximum atomic E-state index is 6.54. The fraction of sp³-hybridized carbons (Fsp3) is 0.294. The highest BCUT2D eigenvalue weighted by atomic mass is 35.5. The Morgan fingerprint density at radius 2 is 1.65 bits per heavy atom. The van der Waals surface area contributed by atoms with Crippen LogP contribution < -0.4 is 9.47 Å². The molecule has 1 unspecified atom stereocenters. The summed E-state index contributed by atoms with van der Waals surface area (Å²) in [5.74, 6) is 1.52. The average Bonchev–Trinajstić information content (AvgIpc) is 2.46. The molecule has 0 amide bonds. The van der Waals surface area contributed by atoms with E-state index in [4.69, 9.17) is 21.1 Å². The van der Waals surface area contributed by atoms with Crippen LogP contribution in [0.5, 0.6) is 11.5 Å². The zero-order chi connectivity index (χ0) is 14.5. The fourth-order valence-corrected chi connectivity index (χ4v) is 2.48. The molecule has 0 heterocycles. The number of ether oxygens (including phenoxy) is 2. The molecular formula is C17H19ClO2. The van der Waals surface area contributed by atoms with Crippen molar-refractivity contribution in [3.8, 4) is 11.5 Å². The number of hydrogen-bond donors (Lipinski definition) is 0. The van der Waals surface area contributed by atoms with Crippen LogP contribution in [0.3, 0.4) is 0 Å². The number of hydrogen-bond acceptors (Lipinski definition) is 2. The van der Waals surface area contributed by atoms with Crippen molar-refractivity contribution in [1.82, 2.24) is 0 Å². The smallest absolute Gasteiger partial charge is 0.122 e. The van der Waals surface area contributed by atoms with Gasteiger partial charge in [-0.15, -0.1) is 11.6 Å². The molecule has 0 radical (unpaired) electrons. The number of benzene rings is 2. The van der Waals surface area contributed by atoms with Gasteiger partial charge in [0.2, 0.25) is 0 Å². The molecule has 20 heavy (non-hydrogen) atoms. The lowest BCUT2D eigenvalue weighted by molar-refractivity contribution is 0.393. The molecule has 0 saturated heterocycles. The van der Waals surface area contributed by atoms with Gasteiger partial charge in [0.25, 0.3) is 0 Å². The van der Waals surface area contributed by atoms with Crippen LogP contribution in [0.2, 0.25) is 0 Å². The fourth-order valence-electron chi connectivity index (χ4n) is 2.17. The lowest BCUT2D eigenvalue weighted by Crippen LogP contribution is -1.98. The monoisotopic (exact) mass is 290 g/mol. The molecule has 2 nitrogen and oxygen atoms in total. The second-order valence-electron chi connectivity index (χ2n) is 4.81. The highest BCUT2D eigenvalue weighted by molar-refractivity contribution is 6.21. The zero-order valence-electron chi connectivity index (χ0n) is 12.0. The average molecular weight is 291 g/mol. The van der Waals surface area contributed by atoms with E-state index in [1.165, 1.54) is 11.1 Å². The Kier molecular flexibility index (Phi) is 4.91. The molecule has 0 bridgehead atoms. The summed E-state index contributed by atoms with van der Waals surface area (Å²) in [6.45, 7) is 2.08. The highest BCUT2D eigenvalue weighted by Gasteiger charge is 2.12. The van der Waals surface area contributed by atoms with E-state index < -0.39 is 0 Å². The third-order valence-electron chi connectivity index (χ3n) is 3.23. The second-order valence-corrected chi connectivity index (χ2v) is 5.33. The van der Waals surface area contributed by atoms with Crippen LogP contribution >= 0.6 is 11.6 Å². The quantitative estimate of drug-likeness (QED) is 0.753. The first-order valence-corrected chi connectivity index (χ1v) is 6.98. The number of aryl methyl sites for hydroxylation is 1. The standard InChI is InChI=1S/C17H19ClO2/c1-12-5-4-6-13(7-12)8-17(18)14-9-15(19-2)11-16(10-14)20-3/h4-7,9-11,17H,8H2,1-3H3. The summed E-state index contributed by atoms with van der Waals surface area (Å²) in [7, 11) is 3.28. The van der Waals surface area contributed by atoms with E-state index in [9.17, 15) is 0 Å². The summed E-state index contributed by atoms with van der Waals surface area (Å²) in [4.78, 5) is 0. The molecule has 0 aliphatic carbocycles. The molecule has 2 aromatic carbocycles. The SMILES string of the molecule is COc1cc(OC)cc(C(Cl)Cc2cccc(C)c2)c1. The van der Waals surface area contributed by atoms with E-state index in [-0.39, 0.29) is 5.38 Å². The molecule has 1 atom stereocenters. The molecule has 0 N–H and O–H groups in total. The maximum Gasteiger partial charge on any atom is 0.122 e. The molecule has 0 spiro atoms. The summed E-state index contributed by atoms with van der Waals surface area (Å²) in [6.07, 6.45) is 0.777. The first-order valence-electron chi connectivity index (χ1n) is 6.55. The highest BCUT2D eigenvalue weighted by Crippen LogP contribution is 2.31. The van der Waals surface area contributed by atoms with Gasteiger partial charge in [0, 0.05) is 6.07 Å². The van der Waals surface area contributed by atoms with E-state index in [0.29, 0.717) is 0 Å². The molecule has 2 rings (SSSR count). The van der Waals surface area contributed by atoms with Gasteiger partial charge in [-0.05, 0) is 36.6 Å². The van der Waals surface area contributed by atoms with Crippen LogP contribution in [0.1, 0.15) is 22.1 Å².